The second kappa shape index (κ2) is 3.39. The van der Waals surface area contributed by atoms with E-state index in [-0.39, 0.29) is 0 Å². The minimum Gasteiger partial charge on any atom is -0.368 e. The predicted octanol–water partition coefficient (Wildman–Crippen LogP) is -0.488. The lowest BCUT2D eigenvalue weighted by Gasteiger charge is -1.95. The molecular formula is C3H5BrN2O3. The van der Waals surface area contributed by atoms with Gasteiger partial charge in [0, 0.05) is 4.92 Å². The van der Waals surface area contributed by atoms with Crippen LogP contribution in [-0.4, -0.2) is 22.2 Å². The number of hydrogen-bond donors (Lipinski definition) is 1. The van der Waals surface area contributed by atoms with E-state index in [1.807, 2.05) is 0 Å². The summed E-state index contributed by atoms with van der Waals surface area (Å²) in [6.07, 6.45) is 0. The van der Waals surface area contributed by atoms with Gasteiger partial charge in [0.25, 0.3) is 0 Å². The molecule has 0 fully saturated rings. The van der Waals surface area contributed by atoms with Crippen molar-refractivity contribution in [3.05, 3.63) is 10.1 Å². The maximum atomic E-state index is 10.1. The molecule has 0 aromatic carbocycles. The van der Waals surface area contributed by atoms with E-state index in [0.29, 0.717) is 0 Å². The highest BCUT2D eigenvalue weighted by Crippen LogP contribution is 1.96. The van der Waals surface area contributed by atoms with Gasteiger partial charge < -0.3 is 5.73 Å². The molecule has 0 aliphatic carbocycles. The van der Waals surface area contributed by atoms with E-state index in [1.165, 1.54) is 0 Å². The van der Waals surface area contributed by atoms with Crippen LogP contribution in [-0.2, 0) is 4.79 Å². The number of carbonyl (C=O) groups is 1. The Hall–Kier alpha value is -0.650. The van der Waals surface area contributed by atoms with Gasteiger partial charge in [-0.25, -0.2) is 0 Å². The Kier molecular flexibility index (Phi) is 3.15. The summed E-state index contributed by atoms with van der Waals surface area (Å²) in [4.78, 5) is 18.3. The first kappa shape index (κ1) is 8.35. The number of nitro groups is 1. The number of amides is 1. The van der Waals surface area contributed by atoms with Gasteiger partial charge in [0.1, 0.15) is 0 Å². The van der Waals surface area contributed by atoms with E-state index in [4.69, 9.17) is 5.73 Å². The van der Waals surface area contributed by atoms with E-state index in [9.17, 15) is 14.9 Å². The lowest BCUT2D eigenvalue weighted by Crippen LogP contribution is -2.29. The molecule has 0 radical (unpaired) electrons. The molecule has 5 nitrogen and oxygen atoms in total. The van der Waals surface area contributed by atoms with Crippen LogP contribution in [0.2, 0.25) is 0 Å². The van der Waals surface area contributed by atoms with Crippen LogP contribution in [0.25, 0.3) is 0 Å². The molecule has 1 atom stereocenters. The highest BCUT2D eigenvalue weighted by Gasteiger charge is 2.16. The summed E-state index contributed by atoms with van der Waals surface area (Å²) in [5.41, 5.74) is 4.69. The average Bonchev–Trinajstić information content (AvgIpc) is 1.63. The van der Waals surface area contributed by atoms with Gasteiger partial charge in [-0.15, -0.1) is 0 Å². The van der Waals surface area contributed by atoms with Gasteiger partial charge >= 0.3 is 0 Å². The Labute approximate surface area is 59.5 Å². The first-order valence-electron chi connectivity index (χ1n) is 2.09. The molecule has 0 saturated carbocycles. The highest BCUT2D eigenvalue weighted by molar-refractivity contribution is 9.10. The molecule has 2 N–H and O–H groups in total. The minimum atomic E-state index is -0.854. The van der Waals surface area contributed by atoms with Gasteiger partial charge in [0.2, 0.25) is 12.5 Å². The first-order chi connectivity index (χ1) is 4.04. The third-order valence-corrected chi connectivity index (χ3v) is 1.36. The third-order valence-electron chi connectivity index (χ3n) is 0.618. The topological polar surface area (TPSA) is 86.2 Å². The zero-order valence-electron chi connectivity index (χ0n) is 4.41. The summed E-state index contributed by atoms with van der Waals surface area (Å²) < 4.78 is 0. The molecule has 1 unspecified atom stereocenters. The molecule has 0 aromatic heterocycles. The van der Waals surface area contributed by atoms with E-state index in [0.717, 1.165) is 0 Å². The number of carbonyl (C=O) groups excluding carboxylic acids is 1. The van der Waals surface area contributed by atoms with Crippen molar-refractivity contribution in [1.82, 2.24) is 0 Å². The predicted molar refractivity (Wildman–Crippen MR) is 33.8 cm³/mol. The van der Waals surface area contributed by atoms with Gasteiger partial charge in [-0.1, -0.05) is 15.9 Å². The second-order valence-electron chi connectivity index (χ2n) is 1.39. The highest BCUT2D eigenvalue weighted by atomic mass is 79.9. The SMILES string of the molecule is NC(=O)C(Br)C[N+](=O)[O-]. The summed E-state index contributed by atoms with van der Waals surface area (Å²) in [5, 5.41) is 9.68. The van der Waals surface area contributed by atoms with Crippen molar-refractivity contribution < 1.29 is 9.72 Å². The Bertz CT molecular complexity index is 137. The number of nitrogens with zero attached hydrogens (tertiary/aromatic N) is 1. The van der Waals surface area contributed by atoms with Crippen molar-refractivity contribution in [2.45, 2.75) is 4.83 Å². The molecule has 0 heterocycles. The molecule has 0 rings (SSSR count). The van der Waals surface area contributed by atoms with E-state index in [2.05, 4.69) is 15.9 Å². The molecule has 0 bridgehead atoms. The molecule has 0 aliphatic rings. The smallest absolute Gasteiger partial charge is 0.237 e. The molecule has 0 aromatic rings. The van der Waals surface area contributed by atoms with Gasteiger partial charge in [-0.05, 0) is 0 Å². The number of halogens is 1. The van der Waals surface area contributed by atoms with E-state index >= 15 is 0 Å². The Morgan fingerprint density at radius 2 is 2.33 bits per heavy atom. The van der Waals surface area contributed by atoms with Crippen molar-refractivity contribution in [3.63, 3.8) is 0 Å². The monoisotopic (exact) mass is 196 g/mol. The second-order valence-corrected chi connectivity index (χ2v) is 2.49. The fraction of sp³-hybridized carbons (Fsp3) is 0.667. The van der Waals surface area contributed by atoms with Gasteiger partial charge in [-0.2, -0.15) is 0 Å². The van der Waals surface area contributed by atoms with Crippen molar-refractivity contribution >= 4 is 21.8 Å². The Balaban J connectivity index is 3.63. The summed E-state index contributed by atoms with van der Waals surface area (Å²) in [6, 6.07) is 0. The van der Waals surface area contributed by atoms with Crippen molar-refractivity contribution in [3.8, 4) is 0 Å². The van der Waals surface area contributed by atoms with Crippen LogP contribution in [0.3, 0.4) is 0 Å². The zero-order valence-corrected chi connectivity index (χ0v) is 6.00. The minimum absolute atomic E-state index is 0.463. The lowest BCUT2D eigenvalue weighted by atomic mass is 10.4. The molecule has 9 heavy (non-hydrogen) atoms. The quantitative estimate of drug-likeness (QED) is 0.376. The molecule has 0 spiro atoms. The summed E-state index contributed by atoms with van der Waals surface area (Å²) in [7, 11) is 0. The normalized spacial score (nSPS) is 12.6. The van der Waals surface area contributed by atoms with Crippen LogP contribution in [0, 0.1) is 10.1 Å². The first-order valence-corrected chi connectivity index (χ1v) is 3.00. The number of primary amides is 1. The number of hydrogen-bond acceptors (Lipinski definition) is 3. The number of nitrogens with two attached hydrogens (primary N) is 1. The van der Waals surface area contributed by atoms with Gasteiger partial charge in [-0.3, -0.25) is 14.9 Å². The summed E-state index contributed by atoms with van der Waals surface area (Å²) >= 11 is 2.73. The van der Waals surface area contributed by atoms with E-state index < -0.39 is 22.2 Å². The van der Waals surface area contributed by atoms with Gasteiger partial charge in [0.05, 0.1) is 0 Å². The average molecular weight is 197 g/mol. The van der Waals surface area contributed by atoms with Crippen LogP contribution in [0.5, 0.6) is 0 Å². The van der Waals surface area contributed by atoms with Crippen molar-refractivity contribution in [2.75, 3.05) is 6.54 Å². The molecule has 6 heteroatoms. The molecule has 0 saturated heterocycles. The Morgan fingerprint density at radius 3 is 2.44 bits per heavy atom. The fourth-order valence-corrected chi connectivity index (χ4v) is 0.457. The van der Waals surface area contributed by atoms with Crippen LogP contribution in [0.4, 0.5) is 0 Å². The molecular weight excluding hydrogens is 192 g/mol. The third kappa shape index (κ3) is 3.89. The standard InChI is InChI=1S/C3H5BrN2O3/c4-2(3(5)7)1-6(8)9/h2H,1H2,(H2,5,7). The van der Waals surface area contributed by atoms with Crippen molar-refractivity contribution in [2.24, 2.45) is 5.73 Å². The van der Waals surface area contributed by atoms with Crippen LogP contribution in [0.15, 0.2) is 0 Å². The fourth-order valence-electron chi connectivity index (χ4n) is 0.221. The molecule has 0 aliphatic heterocycles. The number of rotatable bonds is 3. The molecule has 52 valence electrons. The summed E-state index contributed by atoms with van der Waals surface area (Å²) in [5.74, 6) is -0.716. The summed E-state index contributed by atoms with van der Waals surface area (Å²) in [6.45, 7) is -0.463. The lowest BCUT2D eigenvalue weighted by molar-refractivity contribution is -0.477. The van der Waals surface area contributed by atoms with E-state index in [1.54, 1.807) is 0 Å². The molecule has 1 amide bonds. The maximum Gasteiger partial charge on any atom is 0.237 e. The van der Waals surface area contributed by atoms with Crippen LogP contribution in [0.1, 0.15) is 0 Å². The van der Waals surface area contributed by atoms with Crippen LogP contribution < -0.4 is 5.73 Å². The number of alkyl halides is 1. The van der Waals surface area contributed by atoms with Gasteiger partial charge in [0.15, 0.2) is 4.83 Å². The van der Waals surface area contributed by atoms with Crippen LogP contribution >= 0.6 is 15.9 Å². The zero-order chi connectivity index (χ0) is 7.44. The maximum absolute atomic E-state index is 10.1. The Morgan fingerprint density at radius 1 is 1.89 bits per heavy atom. The largest absolute Gasteiger partial charge is 0.368 e. The van der Waals surface area contributed by atoms with Crippen molar-refractivity contribution in [1.29, 1.82) is 0 Å².